The topological polar surface area (TPSA) is 72.3 Å². The number of nitrogens with zero attached hydrogens (tertiary/aromatic N) is 4. The van der Waals surface area contributed by atoms with Crippen LogP contribution in [0.3, 0.4) is 0 Å². The normalized spacial score (nSPS) is 12.8. The Balaban J connectivity index is 1.33. The van der Waals surface area contributed by atoms with Gasteiger partial charge in [-0.3, -0.25) is 9.36 Å². The lowest BCUT2D eigenvalue weighted by atomic mass is 10.0. The molecule has 1 amide bonds. The van der Waals surface area contributed by atoms with Crippen LogP contribution in [-0.4, -0.2) is 40.1 Å². The molecule has 5 rings (SSSR count). The van der Waals surface area contributed by atoms with Crippen molar-refractivity contribution < 1.29 is 9.53 Å². The third-order valence-corrected chi connectivity index (χ3v) is 6.91. The molecule has 0 fully saturated rings. The molecule has 7 nitrogen and oxygen atoms in total. The molecule has 1 aliphatic rings. The van der Waals surface area contributed by atoms with Crippen molar-refractivity contribution >= 4 is 29.0 Å². The van der Waals surface area contributed by atoms with E-state index in [1.165, 1.54) is 17.3 Å². The SMILES string of the molecule is COc1ccc(NCc2nnc(SCC(=O)N3CCCc4ccccc43)n2-c2ccccc2)cc1. The van der Waals surface area contributed by atoms with Crippen molar-refractivity contribution in [3.8, 4) is 11.4 Å². The van der Waals surface area contributed by atoms with E-state index in [0.717, 1.165) is 48.0 Å². The number of amides is 1. The number of nitrogens with one attached hydrogen (secondary N) is 1. The van der Waals surface area contributed by atoms with Gasteiger partial charge in [0, 0.05) is 23.6 Å². The number of ether oxygens (including phenoxy) is 1. The summed E-state index contributed by atoms with van der Waals surface area (Å²) in [5, 5.41) is 13.0. The van der Waals surface area contributed by atoms with E-state index in [1.54, 1.807) is 7.11 Å². The summed E-state index contributed by atoms with van der Waals surface area (Å²) in [6.45, 7) is 1.24. The maximum Gasteiger partial charge on any atom is 0.237 e. The highest BCUT2D eigenvalue weighted by atomic mass is 32.2. The molecule has 0 atom stereocenters. The number of aryl methyl sites for hydroxylation is 1. The van der Waals surface area contributed by atoms with Gasteiger partial charge in [0.2, 0.25) is 5.91 Å². The van der Waals surface area contributed by atoms with E-state index in [2.05, 4.69) is 21.6 Å². The van der Waals surface area contributed by atoms with Crippen LogP contribution in [0.1, 0.15) is 17.8 Å². The summed E-state index contributed by atoms with van der Waals surface area (Å²) in [7, 11) is 1.65. The molecule has 0 aliphatic carbocycles. The number of aromatic nitrogens is 3. The number of benzene rings is 3. The third kappa shape index (κ3) is 5.17. The van der Waals surface area contributed by atoms with Gasteiger partial charge in [0.15, 0.2) is 11.0 Å². The quantitative estimate of drug-likeness (QED) is 0.356. The summed E-state index contributed by atoms with van der Waals surface area (Å²) in [5.74, 6) is 1.96. The smallest absolute Gasteiger partial charge is 0.237 e. The van der Waals surface area contributed by atoms with Gasteiger partial charge in [-0.1, -0.05) is 48.2 Å². The number of carbonyl (C=O) groups is 1. The van der Waals surface area contributed by atoms with E-state index >= 15 is 0 Å². The highest BCUT2D eigenvalue weighted by Gasteiger charge is 2.23. The van der Waals surface area contributed by atoms with Gasteiger partial charge in [-0.25, -0.2) is 0 Å². The predicted octanol–water partition coefficient (Wildman–Crippen LogP) is 4.96. The van der Waals surface area contributed by atoms with Crippen molar-refractivity contribution in [2.75, 3.05) is 29.6 Å². The van der Waals surface area contributed by atoms with Crippen LogP contribution < -0.4 is 15.0 Å². The Morgan fingerprint density at radius 3 is 2.57 bits per heavy atom. The van der Waals surface area contributed by atoms with Gasteiger partial charge < -0.3 is 15.0 Å². The zero-order valence-corrected chi connectivity index (χ0v) is 20.4. The molecule has 0 bridgehead atoms. The van der Waals surface area contributed by atoms with Crippen molar-refractivity contribution in [2.24, 2.45) is 0 Å². The number of thioether (sulfide) groups is 1. The van der Waals surface area contributed by atoms with Gasteiger partial charge in [0.05, 0.1) is 19.4 Å². The zero-order chi connectivity index (χ0) is 24.0. The zero-order valence-electron chi connectivity index (χ0n) is 19.6. The second-order valence-electron chi connectivity index (χ2n) is 8.22. The lowest BCUT2D eigenvalue weighted by Gasteiger charge is -2.29. The van der Waals surface area contributed by atoms with E-state index in [1.807, 2.05) is 82.3 Å². The summed E-state index contributed by atoms with van der Waals surface area (Å²) in [6.07, 6.45) is 1.99. The van der Waals surface area contributed by atoms with Gasteiger partial charge in [0.1, 0.15) is 5.75 Å². The number of para-hydroxylation sites is 2. The molecular weight excluding hydrogens is 458 g/mol. The number of fused-ring (bicyclic) bond motifs is 1. The van der Waals surface area contributed by atoms with Crippen LogP contribution in [0.25, 0.3) is 5.69 Å². The Bertz CT molecular complexity index is 1290. The largest absolute Gasteiger partial charge is 0.497 e. The first kappa shape index (κ1) is 23.0. The predicted molar refractivity (Wildman–Crippen MR) is 140 cm³/mol. The number of anilines is 2. The molecule has 4 aromatic rings. The first-order valence-corrected chi connectivity index (χ1v) is 12.6. The average Bonchev–Trinajstić information content (AvgIpc) is 3.33. The van der Waals surface area contributed by atoms with Crippen molar-refractivity contribution in [2.45, 2.75) is 24.5 Å². The molecule has 8 heteroatoms. The molecule has 178 valence electrons. The maximum atomic E-state index is 13.2. The minimum absolute atomic E-state index is 0.0858. The summed E-state index contributed by atoms with van der Waals surface area (Å²) in [5.41, 5.74) is 4.18. The van der Waals surface area contributed by atoms with Crippen LogP contribution in [0, 0.1) is 0 Å². The summed E-state index contributed by atoms with van der Waals surface area (Å²) in [6, 6.07) is 25.9. The average molecular weight is 486 g/mol. The molecule has 1 N–H and O–H groups in total. The van der Waals surface area contributed by atoms with Crippen LogP contribution >= 0.6 is 11.8 Å². The Morgan fingerprint density at radius 2 is 1.77 bits per heavy atom. The number of methoxy groups -OCH3 is 1. The molecule has 3 aromatic carbocycles. The molecule has 0 spiro atoms. The summed E-state index contributed by atoms with van der Waals surface area (Å²) < 4.78 is 7.25. The first-order valence-electron chi connectivity index (χ1n) is 11.6. The molecule has 0 radical (unpaired) electrons. The summed E-state index contributed by atoms with van der Waals surface area (Å²) in [4.78, 5) is 15.1. The highest BCUT2D eigenvalue weighted by Crippen LogP contribution is 2.29. The molecule has 0 unspecified atom stereocenters. The third-order valence-electron chi connectivity index (χ3n) is 5.99. The van der Waals surface area contributed by atoms with Gasteiger partial charge in [-0.05, 0) is 60.9 Å². The minimum Gasteiger partial charge on any atom is -0.497 e. The standard InChI is InChI=1S/C27H27N5O2S/c1-34-23-15-13-21(14-16-23)28-18-25-29-30-27(32(25)22-10-3-2-4-11-22)35-19-26(33)31-17-7-9-20-8-5-6-12-24(20)31/h2-6,8,10-16,28H,7,9,17-19H2,1H3. The number of rotatable bonds is 8. The lowest BCUT2D eigenvalue weighted by molar-refractivity contribution is -0.116. The number of hydrogen-bond acceptors (Lipinski definition) is 6. The molecule has 0 saturated carbocycles. The Labute approximate surface area is 209 Å². The van der Waals surface area contributed by atoms with E-state index < -0.39 is 0 Å². The molecular formula is C27H27N5O2S. The molecule has 2 heterocycles. The summed E-state index contributed by atoms with van der Waals surface area (Å²) >= 11 is 1.42. The van der Waals surface area contributed by atoms with Gasteiger partial charge in [0.25, 0.3) is 0 Å². The Hall–Kier alpha value is -3.78. The molecule has 35 heavy (non-hydrogen) atoms. The van der Waals surface area contributed by atoms with Crippen molar-refractivity contribution in [1.82, 2.24) is 14.8 Å². The van der Waals surface area contributed by atoms with E-state index in [-0.39, 0.29) is 5.91 Å². The van der Waals surface area contributed by atoms with E-state index in [0.29, 0.717) is 17.5 Å². The fourth-order valence-corrected chi connectivity index (χ4v) is 5.08. The van der Waals surface area contributed by atoms with Gasteiger partial charge >= 0.3 is 0 Å². The van der Waals surface area contributed by atoms with Crippen LogP contribution in [0.5, 0.6) is 5.75 Å². The highest BCUT2D eigenvalue weighted by molar-refractivity contribution is 7.99. The van der Waals surface area contributed by atoms with E-state index in [4.69, 9.17) is 4.74 Å². The Morgan fingerprint density at radius 1 is 1.00 bits per heavy atom. The fourth-order valence-electron chi connectivity index (χ4n) is 4.23. The number of hydrogen-bond donors (Lipinski definition) is 1. The van der Waals surface area contributed by atoms with Crippen molar-refractivity contribution in [3.63, 3.8) is 0 Å². The van der Waals surface area contributed by atoms with Crippen molar-refractivity contribution in [3.05, 3.63) is 90.3 Å². The van der Waals surface area contributed by atoms with Crippen molar-refractivity contribution in [1.29, 1.82) is 0 Å². The molecule has 0 saturated heterocycles. The second kappa shape index (κ2) is 10.7. The lowest BCUT2D eigenvalue weighted by Crippen LogP contribution is -2.36. The van der Waals surface area contributed by atoms with Crippen LogP contribution in [-0.2, 0) is 17.8 Å². The van der Waals surface area contributed by atoms with Gasteiger partial charge in [-0.15, -0.1) is 10.2 Å². The van der Waals surface area contributed by atoms with Gasteiger partial charge in [-0.2, -0.15) is 0 Å². The van der Waals surface area contributed by atoms with E-state index in [9.17, 15) is 4.79 Å². The maximum absolute atomic E-state index is 13.2. The van der Waals surface area contributed by atoms with Crippen LogP contribution in [0.15, 0.2) is 84.0 Å². The monoisotopic (exact) mass is 485 g/mol. The first-order chi connectivity index (χ1) is 17.2. The minimum atomic E-state index is 0.0858. The second-order valence-corrected chi connectivity index (χ2v) is 9.16. The van der Waals surface area contributed by atoms with Crippen LogP contribution in [0.2, 0.25) is 0 Å². The number of carbonyl (C=O) groups excluding carboxylic acids is 1. The Kier molecular flexibility index (Phi) is 6.99. The van der Waals surface area contributed by atoms with Crippen LogP contribution in [0.4, 0.5) is 11.4 Å². The molecule has 1 aliphatic heterocycles. The fraction of sp³-hybridized carbons (Fsp3) is 0.222. The molecule has 1 aromatic heterocycles.